The average Bonchev–Trinajstić information content (AvgIpc) is 3.63. The van der Waals surface area contributed by atoms with Crippen LogP contribution in [0.2, 0.25) is 5.02 Å². The van der Waals surface area contributed by atoms with Gasteiger partial charge in [0.2, 0.25) is 6.79 Å². The van der Waals surface area contributed by atoms with Gasteiger partial charge in [0, 0.05) is 16.7 Å². The number of halogens is 1. The Kier molecular flexibility index (Phi) is 6.17. The molecule has 0 spiro atoms. The largest absolute Gasteiger partial charge is 0.463 e. The minimum Gasteiger partial charge on any atom is -0.463 e. The third-order valence-electron chi connectivity index (χ3n) is 6.26. The molecule has 0 bridgehead atoms. The summed E-state index contributed by atoms with van der Waals surface area (Å²) < 4.78 is 24.3. The Labute approximate surface area is 225 Å². The normalized spacial score (nSPS) is 16.4. The van der Waals surface area contributed by atoms with Crippen molar-refractivity contribution in [1.29, 1.82) is 0 Å². The number of hydrogen-bond acceptors (Lipinski definition) is 8. The van der Waals surface area contributed by atoms with Crippen LogP contribution in [0.1, 0.15) is 31.2 Å². The number of furan rings is 1. The number of carbonyl (C=O) groups excluding carboxylic acids is 1. The van der Waals surface area contributed by atoms with Crippen LogP contribution in [-0.4, -0.2) is 23.9 Å². The van der Waals surface area contributed by atoms with Gasteiger partial charge >= 0.3 is 5.97 Å². The summed E-state index contributed by atoms with van der Waals surface area (Å²) in [6, 6.07) is 15.6. The van der Waals surface area contributed by atoms with Crippen molar-refractivity contribution in [3.05, 3.63) is 102 Å². The highest BCUT2D eigenvalue weighted by atomic mass is 35.5. The van der Waals surface area contributed by atoms with Gasteiger partial charge in [-0.05, 0) is 67.9 Å². The molecule has 0 N–H and O–H groups in total. The van der Waals surface area contributed by atoms with Crippen LogP contribution in [0.15, 0.2) is 80.1 Å². The number of ether oxygens (including phenoxy) is 3. The molecule has 0 saturated heterocycles. The number of thiazole rings is 1. The fourth-order valence-electron chi connectivity index (χ4n) is 4.52. The average molecular weight is 549 g/mol. The molecule has 1 atom stereocenters. The third kappa shape index (κ3) is 4.23. The summed E-state index contributed by atoms with van der Waals surface area (Å²) in [6.07, 6.45) is 1.68. The van der Waals surface area contributed by atoms with Crippen molar-refractivity contribution >= 4 is 35.0 Å². The predicted octanol–water partition coefficient (Wildman–Crippen LogP) is 4.44. The van der Waals surface area contributed by atoms with E-state index in [-0.39, 0.29) is 19.0 Å². The maximum Gasteiger partial charge on any atom is 0.338 e. The second kappa shape index (κ2) is 9.66. The van der Waals surface area contributed by atoms with Gasteiger partial charge < -0.3 is 18.6 Å². The molecule has 8 nitrogen and oxygen atoms in total. The highest BCUT2D eigenvalue weighted by Gasteiger charge is 2.34. The number of esters is 1. The molecule has 10 heteroatoms. The number of hydrogen-bond donors (Lipinski definition) is 0. The van der Waals surface area contributed by atoms with Crippen LogP contribution >= 0.6 is 22.9 Å². The summed E-state index contributed by atoms with van der Waals surface area (Å²) in [5, 5.41) is 0.635. The van der Waals surface area contributed by atoms with Gasteiger partial charge in [-0.15, -0.1) is 0 Å². The van der Waals surface area contributed by atoms with E-state index in [9.17, 15) is 9.59 Å². The quantitative estimate of drug-likeness (QED) is 0.342. The maximum absolute atomic E-state index is 13.8. The first-order valence-corrected chi connectivity index (χ1v) is 13.1. The number of benzene rings is 2. The smallest absolute Gasteiger partial charge is 0.338 e. The van der Waals surface area contributed by atoms with Crippen molar-refractivity contribution in [3.8, 4) is 22.8 Å². The van der Waals surface area contributed by atoms with Crippen LogP contribution in [0.3, 0.4) is 0 Å². The molecular weight excluding hydrogens is 528 g/mol. The Hall–Kier alpha value is -4.08. The van der Waals surface area contributed by atoms with E-state index >= 15 is 0 Å². The van der Waals surface area contributed by atoms with Crippen LogP contribution in [0.4, 0.5) is 0 Å². The number of nitrogens with zero attached hydrogens (tertiary/aromatic N) is 2. The molecule has 0 radical (unpaired) electrons. The van der Waals surface area contributed by atoms with Gasteiger partial charge in [0.1, 0.15) is 11.5 Å². The van der Waals surface area contributed by atoms with Gasteiger partial charge in [0.25, 0.3) is 5.56 Å². The standard InChI is InChI=1S/C28H21ClN2O6S/c1-3-34-27(33)24-15(2)30-28-31(25(24)17-6-10-21-22(12-17)36-14-35-21)26(32)23(38-28)13-19-9-11-20(37-19)16-4-7-18(29)8-5-16/h4-13,25H,3,14H2,1-2H3/t25-/m1/s1. The zero-order valence-electron chi connectivity index (χ0n) is 20.4. The Morgan fingerprint density at radius 3 is 2.74 bits per heavy atom. The van der Waals surface area contributed by atoms with Crippen LogP contribution in [0.25, 0.3) is 17.4 Å². The SMILES string of the molecule is CCOC(=O)C1=C(C)N=c2sc(=Cc3ccc(-c4ccc(Cl)cc4)o3)c(=O)n2[C@@H]1c1ccc2c(c1)OCO2. The molecule has 4 heterocycles. The van der Waals surface area contributed by atoms with Crippen molar-refractivity contribution in [2.45, 2.75) is 19.9 Å². The molecular formula is C28H21ClN2O6S. The Balaban J connectivity index is 1.47. The van der Waals surface area contributed by atoms with Gasteiger partial charge in [-0.1, -0.05) is 29.0 Å². The first-order chi connectivity index (χ1) is 18.4. The Bertz CT molecular complexity index is 1780. The predicted molar refractivity (Wildman–Crippen MR) is 142 cm³/mol. The van der Waals surface area contributed by atoms with Crippen LogP contribution in [0, 0.1) is 0 Å². The lowest BCUT2D eigenvalue weighted by Gasteiger charge is -2.24. The van der Waals surface area contributed by atoms with Crippen LogP contribution in [0.5, 0.6) is 11.5 Å². The molecule has 2 aliphatic heterocycles. The van der Waals surface area contributed by atoms with Crippen molar-refractivity contribution < 1.29 is 23.4 Å². The second-order valence-corrected chi connectivity index (χ2v) is 10.1. The number of allylic oxidation sites excluding steroid dienone is 1. The summed E-state index contributed by atoms with van der Waals surface area (Å²) in [7, 11) is 0. The lowest BCUT2D eigenvalue weighted by Crippen LogP contribution is -2.39. The molecule has 192 valence electrons. The van der Waals surface area contributed by atoms with E-state index in [4.69, 9.17) is 30.2 Å². The van der Waals surface area contributed by atoms with E-state index in [0.29, 0.717) is 54.2 Å². The summed E-state index contributed by atoms with van der Waals surface area (Å²) in [5.41, 5.74) is 2.04. The van der Waals surface area contributed by atoms with Crippen molar-refractivity contribution in [1.82, 2.24) is 4.57 Å². The fraction of sp³-hybridized carbons (Fsp3) is 0.179. The molecule has 0 fully saturated rings. The number of aromatic nitrogens is 1. The van der Waals surface area contributed by atoms with Crippen molar-refractivity contribution in [2.75, 3.05) is 13.4 Å². The molecule has 0 saturated carbocycles. The zero-order chi connectivity index (χ0) is 26.4. The van der Waals surface area contributed by atoms with Crippen LogP contribution in [-0.2, 0) is 9.53 Å². The van der Waals surface area contributed by atoms with E-state index in [2.05, 4.69) is 4.99 Å². The summed E-state index contributed by atoms with van der Waals surface area (Å²) in [4.78, 5) is 31.9. The minimum absolute atomic E-state index is 0.113. The Morgan fingerprint density at radius 1 is 1.16 bits per heavy atom. The topological polar surface area (TPSA) is 92.3 Å². The number of fused-ring (bicyclic) bond motifs is 2. The molecule has 2 aromatic heterocycles. The summed E-state index contributed by atoms with van der Waals surface area (Å²) in [6.45, 7) is 3.79. The van der Waals surface area contributed by atoms with Gasteiger partial charge in [0.05, 0.1) is 28.5 Å². The van der Waals surface area contributed by atoms with Crippen molar-refractivity contribution in [2.24, 2.45) is 4.99 Å². The molecule has 0 amide bonds. The van der Waals surface area contributed by atoms with Gasteiger partial charge in [-0.25, -0.2) is 9.79 Å². The van der Waals surface area contributed by atoms with E-state index in [1.807, 2.05) is 24.3 Å². The second-order valence-electron chi connectivity index (χ2n) is 8.62. The van der Waals surface area contributed by atoms with E-state index in [1.165, 1.54) is 15.9 Å². The molecule has 2 aliphatic rings. The first kappa shape index (κ1) is 24.3. The maximum atomic E-state index is 13.8. The van der Waals surface area contributed by atoms with Gasteiger partial charge in [-0.2, -0.15) is 0 Å². The summed E-state index contributed by atoms with van der Waals surface area (Å²) in [5.74, 6) is 1.80. The molecule has 0 unspecified atom stereocenters. The fourth-order valence-corrected chi connectivity index (χ4v) is 5.67. The zero-order valence-corrected chi connectivity index (χ0v) is 22.0. The summed E-state index contributed by atoms with van der Waals surface area (Å²) >= 11 is 7.22. The van der Waals surface area contributed by atoms with Crippen LogP contribution < -0.4 is 24.4 Å². The number of rotatable bonds is 5. The molecule has 0 aliphatic carbocycles. The highest BCUT2D eigenvalue weighted by molar-refractivity contribution is 7.07. The molecule has 4 aromatic rings. The third-order valence-corrected chi connectivity index (χ3v) is 7.49. The Morgan fingerprint density at radius 2 is 1.95 bits per heavy atom. The van der Waals surface area contributed by atoms with Gasteiger partial charge in [-0.3, -0.25) is 9.36 Å². The molecule has 6 rings (SSSR count). The van der Waals surface area contributed by atoms with E-state index in [1.54, 1.807) is 50.3 Å². The monoisotopic (exact) mass is 548 g/mol. The molecule has 38 heavy (non-hydrogen) atoms. The molecule has 2 aromatic carbocycles. The minimum atomic E-state index is -0.747. The lowest BCUT2D eigenvalue weighted by atomic mass is 9.95. The van der Waals surface area contributed by atoms with Crippen molar-refractivity contribution in [3.63, 3.8) is 0 Å². The number of carbonyl (C=O) groups is 1. The van der Waals surface area contributed by atoms with E-state index < -0.39 is 12.0 Å². The lowest BCUT2D eigenvalue weighted by molar-refractivity contribution is -0.139. The first-order valence-electron chi connectivity index (χ1n) is 11.9. The van der Waals surface area contributed by atoms with Gasteiger partial charge in [0.15, 0.2) is 16.3 Å². The van der Waals surface area contributed by atoms with E-state index in [0.717, 1.165) is 5.56 Å². The highest BCUT2D eigenvalue weighted by Crippen LogP contribution is 2.38.